The van der Waals surface area contributed by atoms with E-state index >= 15 is 0 Å². The molecule has 112 valence electrons. The van der Waals surface area contributed by atoms with Crippen LogP contribution in [0.25, 0.3) is 22.3 Å². The van der Waals surface area contributed by atoms with Crippen molar-refractivity contribution in [3.8, 4) is 11.3 Å². The van der Waals surface area contributed by atoms with Crippen molar-refractivity contribution in [2.75, 3.05) is 18.0 Å². The average Bonchev–Trinajstić information content (AvgIpc) is 2.94. The molecule has 1 aliphatic rings. The predicted octanol–water partition coefficient (Wildman–Crippen LogP) is 3.63. The number of nitrogens with zero attached hydrogens (tertiary/aromatic N) is 4. The molecule has 22 heavy (non-hydrogen) atoms. The minimum Gasteiger partial charge on any atom is -0.356 e. The first kappa shape index (κ1) is 13.3. The van der Waals surface area contributed by atoms with Gasteiger partial charge in [-0.1, -0.05) is 30.3 Å². The quantitative estimate of drug-likeness (QED) is 0.723. The maximum Gasteiger partial charge on any atom is 0.145 e. The van der Waals surface area contributed by atoms with Crippen LogP contribution in [0.15, 0.2) is 42.7 Å². The van der Waals surface area contributed by atoms with Crippen molar-refractivity contribution in [3.05, 3.63) is 42.7 Å². The molecule has 2 aromatic heterocycles. The molecule has 3 heterocycles. The Hall–Kier alpha value is -2.36. The first-order chi connectivity index (χ1) is 10.8. The van der Waals surface area contributed by atoms with E-state index in [1.165, 1.54) is 30.5 Å². The first-order valence-electron chi connectivity index (χ1n) is 7.95. The Morgan fingerprint density at radius 2 is 1.73 bits per heavy atom. The molecule has 0 radical (unpaired) electrons. The lowest BCUT2D eigenvalue weighted by atomic mass is 10.1. The van der Waals surface area contributed by atoms with Crippen LogP contribution in [0.5, 0.6) is 0 Å². The summed E-state index contributed by atoms with van der Waals surface area (Å²) in [4.78, 5) is 11.5. The Morgan fingerprint density at radius 3 is 2.50 bits per heavy atom. The van der Waals surface area contributed by atoms with Gasteiger partial charge in [-0.05, 0) is 30.9 Å². The van der Waals surface area contributed by atoms with Crippen molar-refractivity contribution in [2.45, 2.75) is 19.3 Å². The van der Waals surface area contributed by atoms with Crippen LogP contribution in [0.1, 0.15) is 19.3 Å². The van der Waals surface area contributed by atoms with Crippen LogP contribution in [0.4, 0.5) is 5.82 Å². The van der Waals surface area contributed by atoms with Gasteiger partial charge in [0.05, 0.1) is 11.1 Å². The molecule has 0 unspecified atom stereocenters. The van der Waals surface area contributed by atoms with Crippen LogP contribution in [0.3, 0.4) is 0 Å². The second kappa shape index (κ2) is 5.44. The molecule has 3 aromatic rings. The number of fused-ring (bicyclic) bond motifs is 1. The second-order valence-corrected chi connectivity index (χ2v) is 5.94. The molecule has 0 atom stereocenters. The molecule has 1 saturated heterocycles. The number of hydrogen-bond acceptors (Lipinski definition) is 3. The molecule has 4 rings (SSSR count). The van der Waals surface area contributed by atoms with Crippen LogP contribution >= 0.6 is 0 Å². The summed E-state index contributed by atoms with van der Waals surface area (Å²) in [6.07, 6.45) is 5.53. The topological polar surface area (TPSA) is 34.0 Å². The van der Waals surface area contributed by atoms with Crippen LogP contribution in [-0.2, 0) is 7.05 Å². The van der Waals surface area contributed by atoms with E-state index in [1.54, 1.807) is 6.33 Å². The van der Waals surface area contributed by atoms with Crippen LogP contribution < -0.4 is 4.90 Å². The summed E-state index contributed by atoms with van der Waals surface area (Å²) < 4.78 is 2.17. The van der Waals surface area contributed by atoms with E-state index in [0.29, 0.717) is 0 Å². The van der Waals surface area contributed by atoms with Gasteiger partial charge in [-0.25, -0.2) is 9.97 Å². The normalized spacial score (nSPS) is 15.4. The van der Waals surface area contributed by atoms with Crippen molar-refractivity contribution in [1.29, 1.82) is 0 Å². The zero-order valence-electron chi connectivity index (χ0n) is 12.9. The molecule has 0 amide bonds. The van der Waals surface area contributed by atoms with E-state index in [-0.39, 0.29) is 0 Å². The summed E-state index contributed by atoms with van der Waals surface area (Å²) in [6.45, 7) is 2.20. The van der Waals surface area contributed by atoms with Gasteiger partial charge in [0, 0.05) is 20.1 Å². The lowest BCUT2D eigenvalue weighted by molar-refractivity contribution is 0.574. The van der Waals surface area contributed by atoms with Crippen LogP contribution in [-0.4, -0.2) is 27.6 Å². The SMILES string of the molecule is Cn1c(-c2ccccc2)cc2c(N3CCCCC3)ncnc21. The fourth-order valence-corrected chi connectivity index (χ4v) is 3.36. The van der Waals surface area contributed by atoms with E-state index in [9.17, 15) is 0 Å². The van der Waals surface area contributed by atoms with Gasteiger partial charge >= 0.3 is 0 Å². The van der Waals surface area contributed by atoms with Crippen molar-refractivity contribution in [1.82, 2.24) is 14.5 Å². The summed E-state index contributed by atoms with van der Waals surface area (Å²) in [5, 5.41) is 1.16. The van der Waals surface area contributed by atoms with Gasteiger partial charge in [0.1, 0.15) is 17.8 Å². The molecule has 4 nitrogen and oxygen atoms in total. The zero-order valence-corrected chi connectivity index (χ0v) is 12.9. The highest BCUT2D eigenvalue weighted by atomic mass is 15.2. The third-order valence-electron chi connectivity index (χ3n) is 4.53. The van der Waals surface area contributed by atoms with Gasteiger partial charge in [-0.2, -0.15) is 0 Å². The van der Waals surface area contributed by atoms with Crippen molar-refractivity contribution in [2.24, 2.45) is 7.05 Å². The second-order valence-electron chi connectivity index (χ2n) is 5.94. The summed E-state index contributed by atoms with van der Waals surface area (Å²) in [7, 11) is 2.08. The number of aryl methyl sites for hydroxylation is 1. The number of benzene rings is 1. The molecule has 1 fully saturated rings. The predicted molar refractivity (Wildman–Crippen MR) is 90.0 cm³/mol. The highest BCUT2D eigenvalue weighted by Gasteiger charge is 2.18. The Balaban J connectivity index is 1.87. The highest BCUT2D eigenvalue weighted by Crippen LogP contribution is 2.31. The largest absolute Gasteiger partial charge is 0.356 e. The Bertz CT molecular complexity index is 785. The molecule has 1 aliphatic heterocycles. The summed E-state index contributed by atoms with van der Waals surface area (Å²) in [5.41, 5.74) is 3.41. The first-order valence-corrected chi connectivity index (χ1v) is 7.95. The molecule has 0 aliphatic carbocycles. The van der Waals surface area contributed by atoms with Gasteiger partial charge in [0.15, 0.2) is 0 Å². The van der Waals surface area contributed by atoms with Gasteiger partial charge in [0.25, 0.3) is 0 Å². The van der Waals surface area contributed by atoms with E-state index < -0.39 is 0 Å². The minimum absolute atomic E-state index is 1.01. The molecule has 0 spiro atoms. The van der Waals surface area contributed by atoms with E-state index in [2.05, 4.69) is 56.8 Å². The number of piperidine rings is 1. The van der Waals surface area contributed by atoms with Gasteiger partial charge in [-0.15, -0.1) is 0 Å². The summed E-state index contributed by atoms with van der Waals surface area (Å²) >= 11 is 0. The summed E-state index contributed by atoms with van der Waals surface area (Å²) in [5.74, 6) is 1.09. The van der Waals surface area contributed by atoms with Crippen LogP contribution in [0, 0.1) is 0 Å². The highest BCUT2D eigenvalue weighted by molar-refractivity contribution is 5.92. The number of rotatable bonds is 2. The molecular weight excluding hydrogens is 272 g/mol. The zero-order chi connectivity index (χ0) is 14.9. The van der Waals surface area contributed by atoms with E-state index in [4.69, 9.17) is 0 Å². The third-order valence-corrected chi connectivity index (χ3v) is 4.53. The smallest absolute Gasteiger partial charge is 0.145 e. The molecule has 0 saturated carbocycles. The van der Waals surface area contributed by atoms with E-state index in [0.717, 1.165) is 29.9 Å². The minimum atomic E-state index is 1.01. The van der Waals surface area contributed by atoms with Crippen molar-refractivity contribution in [3.63, 3.8) is 0 Å². The van der Waals surface area contributed by atoms with E-state index in [1.807, 2.05) is 6.07 Å². The number of anilines is 1. The Morgan fingerprint density at radius 1 is 0.955 bits per heavy atom. The molecule has 1 aromatic carbocycles. The lowest BCUT2D eigenvalue weighted by Crippen LogP contribution is -2.30. The molecule has 4 heteroatoms. The maximum absolute atomic E-state index is 4.58. The fourth-order valence-electron chi connectivity index (χ4n) is 3.36. The Labute approximate surface area is 130 Å². The lowest BCUT2D eigenvalue weighted by Gasteiger charge is -2.27. The third kappa shape index (κ3) is 2.15. The standard InChI is InChI=1S/C18H20N4/c1-21-16(14-8-4-2-5-9-14)12-15-17(21)19-13-20-18(15)22-10-6-3-7-11-22/h2,4-5,8-9,12-13H,3,6-7,10-11H2,1H3. The molecule has 0 bridgehead atoms. The van der Waals surface area contributed by atoms with Crippen LogP contribution in [0.2, 0.25) is 0 Å². The van der Waals surface area contributed by atoms with Gasteiger partial charge in [-0.3, -0.25) is 0 Å². The number of aromatic nitrogens is 3. The maximum atomic E-state index is 4.58. The van der Waals surface area contributed by atoms with Gasteiger partial charge in [0.2, 0.25) is 0 Å². The molecule has 0 N–H and O–H groups in total. The molecular formula is C18H20N4. The summed E-state index contributed by atoms with van der Waals surface area (Å²) in [6, 6.07) is 12.7. The average molecular weight is 292 g/mol. The number of hydrogen-bond donors (Lipinski definition) is 0. The van der Waals surface area contributed by atoms with Crippen molar-refractivity contribution < 1.29 is 0 Å². The van der Waals surface area contributed by atoms with Gasteiger partial charge < -0.3 is 9.47 Å². The Kier molecular flexibility index (Phi) is 3.29. The fraction of sp³-hybridized carbons (Fsp3) is 0.333. The van der Waals surface area contributed by atoms with Crippen molar-refractivity contribution >= 4 is 16.9 Å². The monoisotopic (exact) mass is 292 g/mol.